The van der Waals surface area contributed by atoms with Gasteiger partial charge in [0, 0.05) is 6.20 Å². The van der Waals surface area contributed by atoms with Crippen molar-refractivity contribution < 1.29 is 31.5 Å². The smallest absolute Gasteiger partial charge is 0.276 e. The number of hydrogen-bond acceptors (Lipinski definition) is 3. The molecule has 158 valence electrons. The summed E-state index contributed by atoms with van der Waals surface area (Å²) < 4.78 is 73.7. The number of anilines is 1. The highest BCUT2D eigenvalue weighted by Gasteiger charge is 2.27. The number of carbonyl (C=O) groups is 1. The van der Waals surface area contributed by atoms with Crippen LogP contribution >= 0.6 is 0 Å². The monoisotopic (exact) mass is 425 g/mol. The van der Waals surface area contributed by atoms with Crippen LogP contribution in [-0.4, -0.2) is 15.7 Å². The summed E-state index contributed by atoms with van der Waals surface area (Å²) in [6, 6.07) is 8.57. The Morgan fingerprint density at radius 3 is 2.10 bits per heavy atom. The van der Waals surface area contributed by atoms with Crippen LogP contribution in [0.4, 0.5) is 27.6 Å². The zero-order chi connectivity index (χ0) is 22.0. The summed E-state index contributed by atoms with van der Waals surface area (Å²) in [7, 11) is 0. The number of ether oxygens (including phenoxy) is 1. The van der Waals surface area contributed by atoms with Gasteiger partial charge in [0.15, 0.2) is 35.7 Å². The molecule has 0 atom stereocenters. The fourth-order valence-corrected chi connectivity index (χ4v) is 2.54. The Bertz CT molecular complexity index is 1050. The lowest BCUT2D eigenvalue weighted by atomic mass is 10.0. The SMILES string of the molecule is CC(C)c1ccc(OCn2ccc(C(=O)Nc3c(F)c(F)c(F)c(F)c3F)n2)cc1. The minimum Gasteiger partial charge on any atom is -0.471 e. The van der Waals surface area contributed by atoms with E-state index >= 15 is 0 Å². The van der Waals surface area contributed by atoms with Gasteiger partial charge in [0.25, 0.3) is 5.91 Å². The molecule has 2 aromatic carbocycles. The molecule has 0 fully saturated rings. The van der Waals surface area contributed by atoms with E-state index < -0.39 is 40.7 Å². The number of rotatable bonds is 6. The van der Waals surface area contributed by atoms with E-state index in [-0.39, 0.29) is 12.4 Å². The zero-order valence-corrected chi connectivity index (χ0v) is 15.8. The molecule has 0 saturated heterocycles. The standard InChI is InChI=1S/C20H16F5N3O2/c1-10(2)11-3-5-12(6-4-11)30-9-28-8-7-13(27-28)20(29)26-19-17(24)15(22)14(21)16(23)18(19)25/h3-8,10H,9H2,1-2H3,(H,26,29). The Morgan fingerprint density at radius 1 is 0.967 bits per heavy atom. The van der Waals surface area contributed by atoms with Crippen molar-refractivity contribution in [2.45, 2.75) is 26.5 Å². The molecule has 0 aliphatic heterocycles. The van der Waals surface area contributed by atoms with Crippen molar-refractivity contribution >= 4 is 11.6 Å². The van der Waals surface area contributed by atoms with Gasteiger partial charge in [-0.2, -0.15) is 5.10 Å². The maximum absolute atomic E-state index is 13.7. The Labute approximate surface area is 168 Å². The first-order chi connectivity index (χ1) is 14.2. The summed E-state index contributed by atoms with van der Waals surface area (Å²) in [5.74, 6) is -11.2. The molecule has 5 nitrogen and oxygen atoms in total. The van der Waals surface area contributed by atoms with Crippen LogP contribution in [0.2, 0.25) is 0 Å². The van der Waals surface area contributed by atoms with Gasteiger partial charge in [0.1, 0.15) is 11.4 Å². The maximum Gasteiger partial charge on any atom is 0.276 e. The van der Waals surface area contributed by atoms with Crippen LogP contribution < -0.4 is 10.1 Å². The van der Waals surface area contributed by atoms with Crippen molar-refractivity contribution in [2.75, 3.05) is 5.32 Å². The Balaban J connectivity index is 1.68. The highest BCUT2D eigenvalue weighted by Crippen LogP contribution is 2.27. The van der Waals surface area contributed by atoms with E-state index in [1.165, 1.54) is 16.9 Å². The number of aromatic nitrogens is 2. The molecular weight excluding hydrogens is 409 g/mol. The topological polar surface area (TPSA) is 56.1 Å². The van der Waals surface area contributed by atoms with Crippen LogP contribution in [0.25, 0.3) is 0 Å². The van der Waals surface area contributed by atoms with Crippen LogP contribution in [0.5, 0.6) is 5.75 Å². The predicted molar refractivity (Wildman–Crippen MR) is 97.6 cm³/mol. The second-order valence-electron chi connectivity index (χ2n) is 6.64. The highest BCUT2D eigenvalue weighted by atomic mass is 19.2. The normalized spacial score (nSPS) is 11.1. The molecule has 1 N–H and O–H groups in total. The van der Waals surface area contributed by atoms with Gasteiger partial charge in [-0.15, -0.1) is 0 Å². The van der Waals surface area contributed by atoms with E-state index in [2.05, 4.69) is 18.9 Å². The van der Waals surface area contributed by atoms with Gasteiger partial charge >= 0.3 is 0 Å². The van der Waals surface area contributed by atoms with E-state index in [0.29, 0.717) is 11.7 Å². The van der Waals surface area contributed by atoms with Gasteiger partial charge in [-0.05, 0) is 29.7 Å². The van der Waals surface area contributed by atoms with Crippen molar-refractivity contribution in [3.8, 4) is 5.75 Å². The predicted octanol–water partition coefficient (Wildman–Crippen LogP) is 4.99. The molecule has 0 radical (unpaired) electrons. The summed E-state index contributed by atoms with van der Waals surface area (Å²) in [5, 5.41) is 5.52. The maximum atomic E-state index is 13.7. The molecule has 1 amide bonds. The van der Waals surface area contributed by atoms with Gasteiger partial charge in [-0.25, -0.2) is 26.6 Å². The molecule has 10 heteroatoms. The third-order valence-corrected chi connectivity index (χ3v) is 4.23. The van der Waals surface area contributed by atoms with Crippen molar-refractivity contribution in [1.82, 2.24) is 9.78 Å². The van der Waals surface area contributed by atoms with Gasteiger partial charge in [0.2, 0.25) is 5.82 Å². The van der Waals surface area contributed by atoms with Crippen molar-refractivity contribution in [3.05, 3.63) is 76.9 Å². The van der Waals surface area contributed by atoms with Crippen LogP contribution in [0, 0.1) is 29.1 Å². The molecule has 0 bridgehead atoms. The largest absolute Gasteiger partial charge is 0.471 e. The first kappa shape index (κ1) is 21.3. The van der Waals surface area contributed by atoms with E-state index in [1.54, 1.807) is 17.4 Å². The van der Waals surface area contributed by atoms with Crippen LogP contribution in [0.1, 0.15) is 35.8 Å². The lowest BCUT2D eigenvalue weighted by Gasteiger charge is -2.09. The van der Waals surface area contributed by atoms with Crippen molar-refractivity contribution in [2.24, 2.45) is 0 Å². The van der Waals surface area contributed by atoms with Crippen LogP contribution in [-0.2, 0) is 6.73 Å². The molecule has 0 aliphatic carbocycles. The van der Waals surface area contributed by atoms with E-state index in [9.17, 15) is 26.7 Å². The molecule has 3 rings (SSSR count). The quantitative estimate of drug-likeness (QED) is 0.344. The summed E-state index contributed by atoms with van der Waals surface area (Å²) in [6.45, 7) is 4.04. The molecular formula is C20H16F5N3O2. The third-order valence-electron chi connectivity index (χ3n) is 4.23. The van der Waals surface area contributed by atoms with Gasteiger partial charge < -0.3 is 10.1 Å². The average Bonchev–Trinajstić information content (AvgIpc) is 3.22. The molecule has 1 heterocycles. The number of amides is 1. The minimum absolute atomic E-state index is 0.0726. The second-order valence-corrected chi connectivity index (χ2v) is 6.64. The minimum atomic E-state index is -2.31. The Morgan fingerprint density at radius 2 is 1.53 bits per heavy atom. The van der Waals surface area contributed by atoms with E-state index in [1.807, 2.05) is 12.1 Å². The number of benzene rings is 2. The zero-order valence-electron chi connectivity index (χ0n) is 15.8. The van der Waals surface area contributed by atoms with E-state index in [0.717, 1.165) is 5.56 Å². The molecule has 0 aliphatic rings. The Kier molecular flexibility index (Phi) is 6.04. The van der Waals surface area contributed by atoms with Crippen LogP contribution in [0.3, 0.4) is 0 Å². The molecule has 1 aromatic heterocycles. The van der Waals surface area contributed by atoms with Crippen LogP contribution in [0.15, 0.2) is 36.5 Å². The lowest BCUT2D eigenvalue weighted by Crippen LogP contribution is -2.18. The lowest BCUT2D eigenvalue weighted by molar-refractivity contribution is 0.101. The summed E-state index contributed by atoms with van der Waals surface area (Å²) in [4.78, 5) is 12.1. The van der Waals surface area contributed by atoms with E-state index in [4.69, 9.17) is 4.74 Å². The van der Waals surface area contributed by atoms with Gasteiger partial charge in [-0.3, -0.25) is 4.79 Å². The summed E-state index contributed by atoms with van der Waals surface area (Å²) in [6.07, 6.45) is 1.36. The first-order valence-electron chi connectivity index (χ1n) is 8.78. The molecule has 30 heavy (non-hydrogen) atoms. The fraction of sp³-hybridized carbons (Fsp3) is 0.200. The number of nitrogens with one attached hydrogen (secondary N) is 1. The van der Waals surface area contributed by atoms with Gasteiger partial charge in [0.05, 0.1) is 0 Å². The fourth-order valence-electron chi connectivity index (χ4n) is 2.54. The molecule has 0 spiro atoms. The Hall–Kier alpha value is -3.43. The van der Waals surface area contributed by atoms with Gasteiger partial charge in [-0.1, -0.05) is 26.0 Å². The molecule has 0 unspecified atom stereocenters. The number of nitrogens with zero attached hydrogens (tertiary/aromatic N) is 2. The summed E-state index contributed by atoms with van der Waals surface area (Å²) in [5.41, 5.74) is -0.626. The number of hydrogen-bond donors (Lipinski definition) is 1. The molecule has 0 saturated carbocycles. The second kappa shape index (κ2) is 8.52. The van der Waals surface area contributed by atoms with Crippen molar-refractivity contribution in [1.29, 1.82) is 0 Å². The molecule has 3 aromatic rings. The highest BCUT2D eigenvalue weighted by molar-refractivity contribution is 6.02. The summed E-state index contributed by atoms with van der Waals surface area (Å²) >= 11 is 0. The first-order valence-corrected chi connectivity index (χ1v) is 8.78. The average molecular weight is 425 g/mol. The number of halogens is 5. The third kappa shape index (κ3) is 4.27. The number of carbonyl (C=O) groups excluding carboxylic acids is 1. The van der Waals surface area contributed by atoms with Crippen molar-refractivity contribution in [3.63, 3.8) is 0 Å².